The number of ether oxygens (including phenoxy) is 1. The summed E-state index contributed by atoms with van der Waals surface area (Å²) in [4.78, 5) is 0. The van der Waals surface area contributed by atoms with E-state index in [4.69, 9.17) is 4.74 Å². The third-order valence-corrected chi connectivity index (χ3v) is 4.73. The Morgan fingerprint density at radius 3 is 3.00 bits per heavy atom. The Balaban J connectivity index is 1.39. The van der Waals surface area contributed by atoms with Crippen LogP contribution in [-0.2, 0) is 24.4 Å². The van der Waals surface area contributed by atoms with E-state index in [0.29, 0.717) is 6.61 Å². The number of thiophene rings is 1. The fourth-order valence-corrected chi connectivity index (χ4v) is 3.45. The van der Waals surface area contributed by atoms with Crippen molar-refractivity contribution in [3.63, 3.8) is 0 Å². The van der Waals surface area contributed by atoms with Crippen LogP contribution >= 0.6 is 11.3 Å². The van der Waals surface area contributed by atoms with Crippen LogP contribution in [0.5, 0.6) is 0 Å². The molecule has 1 aliphatic heterocycles. The number of benzene rings is 1. The molecule has 6 heteroatoms. The highest BCUT2D eigenvalue weighted by Gasteiger charge is 2.23. The van der Waals surface area contributed by atoms with E-state index >= 15 is 0 Å². The first-order valence-electron chi connectivity index (χ1n) is 7.71. The van der Waals surface area contributed by atoms with Gasteiger partial charge < -0.3 is 10.1 Å². The van der Waals surface area contributed by atoms with Crippen molar-refractivity contribution in [1.29, 1.82) is 0 Å². The van der Waals surface area contributed by atoms with E-state index in [9.17, 15) is 0 Å². The minimum Gasteiger partial charge on any atom is -0.369 e. The van der Waals surface area contributed by atoms with Gasteiger partial charge >= 0.3 is 0 Å². The third-order valence-electron chi connectivity index (χ3n) is 4.00. The molecule has 1 aromatic carbocycles. The molecule has 0 spiro atoms. The second-order valence-electron chi connectivity index (χ2n) is 5.63. The molecule has 3 heterocycles. The maximum atomic E-state index is 5.98. The zero-order chi connectivity index (χ0) is 15.5. The number of hydrogen-bond donors (Lipinski definition) is 1. The van der Waals surface area contributed by atoms with Crippen molar-refractivity contribution in [2.45, 2.75) is 25.8 Å². The SMILES string of the molecule is c1ccc(-c2nnn3c2COC(CNCc2ccsc2)C3)cc1. The van der Waals surface area contributed by atoms with Crippen molar-refractivity contribution >= 4 is 11.3 Å². The molecule has 0 bridgehead atoms. The van der Waals surface area contributed by atoms with Crippen molar-refractivity contribution in [3.05, 3.63) is 58.4 Å². The van der Waals surface area contributed by atoms with Crippen molar-refractivity contribution in [2.24, 2.45) is 0 Å². The highest BCUT2D eigenvalue weighted by Crippen LogP contribution is 2.24. The van der Waals surface area contributed by atoms with Crippen molar-refractivity contribution in [2.75, 3.05) is 6.54 Å². The van der Waals surface area contributed by atoms with Crippen LogP contribution in [0.1, 0.15) is 11.3 Å². The normalized spacial score (nSPS) is 17.1. The predicted octanol–water partition coefficient (Wildman–Crippen LogP) is 2.70. The molecule has 5 nitrogen and oxygen atoms in total. The highest BCUT2D eigenvalue weighted by molar-refractivity contribution is 7.07. The summed E-state index contributed by atoms with van der Waals surface area (Å²) in [5.41, 5.74) is 4.39. The van der Waals surface area contributed by atoms with E-state index in [1.807, 2.05) is 22.9 Å². The maximum absolute atomic E-state index is 5.98. The largest absolute Gasteiger partial charge is 0.369 e. The molecule has 1 unspecified atom stereocenters. The summed E-state index contributed by atoms with van der Waals surface area (Å²) < 4.78 is 7.96. The van der Waals surface area contributed by atoms with Crippen molar-refractivity contribution in [3.8, 4) is 11.3 Å². The van der Waals surface area contributed by atoms with E-state index in [0.717, 1.165) is 36.6 Å². The minimum absolute atomic E-state index is 0.131. The van der Waals surface area contributed by atoms with Crippen LogP contribution in [-0.4, -0.2) is 27.6 Å². The minimum atomic E-state index is 0.131. The summed E-state index contributed by atoms with van der Waals surface area (Å²) >= 11 is 1.72. The van der Waals surface area contributed by atoms with Gasteiger partial charge in [-0.15, -0.1) is 5.10 Å². The lowest BCUT2D eigenvalue weighted by atomic mass is 10.1. The van der Waals surface area contributed by atoms with E-state index in [1.54, 1.807) is 11.3 Å². The second kappa shape index (κ2) is 6.62. The zero-order valence-electron chi connectivity index (χ0n) is 12.7. The van der Waals surface area contributed by atoms with Gasteiger partial charge in [0, 0.05) is 18.7 Å². The molecule has 1 N–H and O–H groups in total. The van der Waals surface area contributed by atoms with E-state index in [-0.39, 0.29) is 6.10 Å². The quantitative estimate of drug-likeness (QED) is 0.783. The second-order valence-corrected chi connectivity index (χ2v) is 6.41. The van der Waals surface area contributed by atoms with Gasteiger partial charge in [0.15, 0.2) is 0 Å². The van der Waals surface area contributed by atoms with Crippen molar-refractivity contribution in [1.82, 2.24) is 20.3 Å². The molecule has 3 aromatic rings. The Bertz CT molecular complexity index is 754. The number of aromatic nitrogens is 3. The molecular formula is C17H18N4OS. The summed E-state index contributed by atoms with van der Waals surface area (Å²) in [6.45, 7) is 2.99. The first-order valence-corrected chi connectivity index (χ1v) is 8.65. The molecule has 23 heavy (non-hydrogen) atoms. The summed E-state index contributed by atoms with van der Waals surface area (Å²) in [6.07, 6.45) is 0.131. The predicted molar refractivity (Wildman–Crippen MR) is 90.1 cm³/mol. The molecule has 1 aliphatic rings. The zero-order valence-corrected chi connectivity index (χ0v) is 13.5. The Labute approximate surface area is 138 Å². The molecule has 118 valence electrons. The van der Waals surface area contributed by atoms with Gasteiger partial charge in [-0.3, -0.25) is 0 Å². The number of rotatable bonds is 5. The van der Waals surface area contributed by atoms with Crippen LogP contribution in [0, 0.1) is 0 Å². The number of hydrogen-bond acceptors (Lipinski definition) is 5. The maximum Gasteiger partial charge on any atom is 0.118 e. The monoisotopic (exact) mass is 326 g/mol. The molecule has 0 radical (unpaired) electrons. The standard InChI is InChI=1S/C17H18N4OS/c1-2-4-14(5-3-1)17-16-11-22-15(10-21(16)20-19-17)9-18-8-13-6-7-23-12-13/h1-7,12,15,18H,8-11H2. The lowest BCUT2D eigenvalue weighted by Crippen LogP contribution is -2.36. The molecule has 0 amide bonds. The van der Waals surface area contributed by atoms with Crippen LogP contribution in [0.4, 0.5) is 0 Å². The molecule has 4 rings (SSSR count). The van der Waals surface area contributed by atoms with Crippen LogP contribution in [0.25, 0.3) is 11.3 Å². The fraction of sp³-hybridized carbons (Fsp3) is 0.294. The summed E-state index contributed by atoms with van der Waals surface area (Å²) in [6, 6.07) is 12.3. The van der Waals surface area contributed by atoms with Gasteiger partial charge in [-0.2, -0.15) is 11.3 Å². The number of nitrogens with zero attached hydrogens (tertiary/aromatic N) is 3. The first-order chi connectivity index (χ1) is 11.4. The first kappa shape index (κ1) is 14.6. The van der Waals surface area contributed by atoms with Gasteiger partial charge in [0.2, 0.25) is 0 Å². The van der Waals surface area contributed by atoms with Gasteiger partial charge in [-0.05, 0) is 22.4 Å². The lowest BCUT2D eigenvalue weighted by molar-refractivity contribution is 0.00126. The molecule has 0 fully saturated rings. The molecule has 2 aromatic heterocycles. The van der Waals surface area contributed by atoms with Gasteiger partial charge in [0.1, 0.15) is 5.69 Å². The van der Waals surface area contributed by atoms with Crippen LogP contribution in [0.3, 0.4) is 0 Å². The highest BCUT2D eigenvalue weighted by atomic mass is 32.1. The van der Waals surface area contributed by atoms with Gasteiger partial charge in [-0.1, -0.05) is 35.5 Å². The van der Waals surface area contributed by atoms with Gasteiger partial charge in [0.25, 0.3) is 0 Å². The van der Waals surface area contributed by atoms with Crippen LogP contribution < -0.4 is 5.32 Å². The number of nitrogens with one attached hydrogen (secondary N) is 1. The van der Waals surface area contributed by atoms with Crippen LogP contribution in [0.15, 0.2) is 47.2 Å². The topological polar surface area (TPSA) is 52.0 Å². The molecule has 0 saturated carbocycles. The number of fused-ring (bicyclic) bond motifs is 1. The summed E-state index contributed by atoms with van der Waals surface area (Å²) in [5.74, 6) is 0. The lowest BCUT2D eigenvalue weighted by Gasteiger charge is -2.24. The molecule has 1 atom stereocenters. The Morgan fingerprint density at radius 1 is 1.26 bits per heavy atom. The van der Waals surface area contributed by atoms with E-state index in [2.05, 4.69) is 44.6 Å². The fourth-order valence-electron chi connectivity index (χ4n) is 2.78. The van der Waals surface area contributed by atoms with Crippen LogP contribution in [0.2, 0.25) is 0 Å². The Morgan fingerprint density at radius 2 is 2.17 bits per heavy atom. The summed E-state index contributed by atoms with van der Waals surface area (Å²) in [7, 11) is 0. The molecule has 0 aliphatic carbocycles. The average molecular weight is 326 g/mol. The van der Waals surface area contributed by atoms with Gasteiger partial charge in [0.05, 0.1) is 24.9 Å². The molecular weight excluding hydrogens is 308 g/mol. The van der Waals surface area contributed by atoms with Crippen molar-refractivity contribution < 1.29 is 4.74 Å². The van der Waals surface area contributed by atoms with Gasteiger partial charge in [-0.25, -0.2) is 4.68 Å². The Hall–Kier alpha value is -2.02. The van der Waals surface area contributed by atoms with E-state index < -0.39 is 0 Å². The third kappa shape index (κ3) is 3.19. The molecule has 0 saturated heterocycles. The Kier molecular flexibility index (Phi) is 4.19. The smallest absolute Gasteiger partial charge is 0.118 e. The average Bonchev–Trinajstić information content (AvgIpc) is 3.25. The van der Waals surface area contributed by atoms with E-state index in [1.165, 1.54) is 5.56 Å². The summed E-state index contributed by atoms with van der Waals surface area (Å²) in [5, 5.41) is 16.3.